The van der Waals surface area contributed by atoms with Gasteiger partial charge in [-0.25, -0.2) is 0 Å². The maximum atomic E-state index is 4.45. The number of pyridine rings is 1. The lowest BCUT2D eigenvalue weighted by molar-refractivity contribution is 1.13. The maximum absolute atomic E-state index is 4.45. The molecule has 3 heteroatoms. The highest BCUT2D eigenvalue weighted by molar-refractivity contribution is 6.11. The number of fused-ring (bicyclic) bond motifs is 7. The van der Waals surface area contributed by atoms with E-state index < -0.39 is 0 Å². The van der Waals surface area contributed by atoms with E-state index in [1.807, 2.05) is 12.4 Å². The lowest BCUT2D eigenvalue weighted by atomic mass is 9.99. The maximum Gasteiger partial charge on any atom is 0.0641 e. The van der Waals surface area contributed by atoms with Gasteiger partial charge in [0.2, 0.25) is 0 Å². The molecule has 1 aliphatic rings. The molecular formula is C25H17N3. The van der Waals surface area contributed by atoms with Gasteiger partial charge in [-0.2, -0.15) is 0 Å². The average Bonchev–Trinajstić information content (AvgIpc) is 3.02. The van der Waals surface area contributed by atoms with E-state index in [-0.39, 0.29) is 0 Å². The fraction of sp³-hybridized carbons (Fsp3) is 0. The number of hydrogen-bond acceptors (Lipinski definition) is 2. The average molecular weight is 359 g/mol. The molecule has 0 unspecified atom stereocenters. The Balaban J connectivity index is 1.87. The van der Waals surface area contributed by atoms with Crippen LogP contribution < -0.4 is 5.32 Å². The summed E-state index contributed by atoms with van der Waals surface area (Å²) in [5.41, 5.74) is 9.34. The summed E-state index contributed by atoms with van der Waals surface area (Å²) in [6.45, 7) is 0. The van der Waals surface area contributed by atoms with E-state index in [2.05, 4.69) is 99.8 Å². The van der Waals surface area contributed by atoms with Crippen molar-refractivity contribution in [3.8, 4) is 28.1 Å². The summed E-state index contributed by atoms with van der Waals surface area (Å²) in [7, 11) is 0. The van der Waals surface area contributed by atoms with Gasteiger partial charge in [-0.3, -0.25) is 4.98 Å². The third kappa shape index (κ3) is 2.07. The van der Waals surface area contributed by atoms with Gasteiger partial charge in [0.25, 0.3) is 0 Å². The first-order valence-corrected chi connectivity index (χ1v) is 9.41. The third-order valence-corrected chi connectivity index (χ3v) is 5.43. The van der Waals surface area contributed by atoms with Crippen molar-refractivity contribution in [3.05, 3.63) is 97.3 Å². The number of aromatic nitrogens is 2. The number of anilines is 2. The van der Waals surface area contributed by atoms with Crippen molar-refractivity contribution in [1.82, 2.24) is 9.55 Å². The molecule has 1 N–H and O–H groups in total. The van der Waals surface area contributed by atoms with Crippen molar-refractivity contribution in [2.24, 2.45) is 0 Å². The molecule has 132 valence electrons. The van der Waals surface area contributed by atoms with E-state index in [4.69, 9.17) is 0 Å². The molecule has 0 saturated heterocycles. The Hall–Kier alpha value is -3.85. The van der Waals surface area contributed by atoms with Crippen LogP contribution >= 0.6 is 0 Å². The summed E-state index contributed by atoms with van der Waals surface area (Å²) >= 11 is 0. The SMILES string of the molecule is c1ccc(-n2c3c(c4cnccc42)-c2ccccc2Nc2ccccc2-3)cc1. The lowest BCUT2D eigenvalue weighted by Crippen LogP contribution is -1.98. The molecule has 0 fully saturated rings. The largest absolute Gasteiger partial charge is 0.354 e. The Bertz CT molecular complexity index is 1330. The molecule has 3 nitrogen and oxygen atoms in total. The van der Waals surface area contributed by atoms with Gasteiger partial charge in [-0.1, -0.05) is 54.6 Å². The molecule has 0 atom stereocenters. The molecule has 5 aromatic rings. The number of benzene rings is 3. The number of para-hydroxylation sites is 3. The van der Waals surface area contributed by atoms with Crippen molar-refractivity contribution in [2.45, 2.75) is 0 Å². The molecular weight excluding hydrogens is 342 g/mol. The number of nitrogens with one attached hydrogen (secondary N) is 1. The smallest absolute Gasteiger partial charge is 0.0641 e. The summed E-state index contributed by atoms with van der Waals surface area (Å²) in [4.78, 5) is 4.45. The highest BCUT2D eigenvalue weighted by atomic mass is 15.0. The van der Waals surface area contributed by atoms with Crippen LogP contribution in [0.5, 0.6) is 0 Å². The van der Waals surface area contributed by atoms with Crippen LogP contribution in [0.25, 0.3) is 39.0 Å². The first-order chi connectivity index (χ1) is 13.9. The molecule has 0 saturated carbocycles. The molecule has 2 aromatic heterocycles. The summed E-state index contributed by atoms with van der Waals surface area (Å²) in [5, 5.41) is 4.81. The molecule has 3 aromatic carbocycles. The van der Waals surface area contributed by atoms with E-state index in [0.29, 0.717) is 0 Å². The van der Waals surface area contributed by atoms with Crippen molar-refractivity contribution < 1.29 is 0 Å². The predicted molar refractivity (Wildman–Crippen MR) is 115 cm³/mol. The summed E-state index contributed by atoms with van der Waals surface area (Å²) in [6.07, 6.45) is 3.86. The van der Waals surface area contributed by atoms with Crippen LogP contribution in [0.3, 0.4) is 0 Å². The first kappa shape index (κ1) is 15.2. The van der Waals surface area contributed by atoms with E-state index in [0.717, 1.165) is 28.0 Å². The third-order valence-electron chi connectivity index (χ3n) is 5.43. The number of rotatable bonds is 1. The van der Waals surface area contributed by atoms with Gasteiger partial charge in [0, 0.05) is 51.5 Å². The second-order valence-corrected chi connectivity index (χ2v) is 7.00. The molecule has 28 heavy (non-hydrogen) atoms. The van der Waals surface area contributed by atoms with Crippen LogP contribution in [0.15, 0.2) is 97.3 Å². The fourth-order valence-corrected chi connectivity index (χ4v) is 4.26. The Labute approximate surface area is 162 Å². The van der Waals surface area contributed by atoms with Gasteiger partial charge in [-0.05, 0) is 30.3 Å². The second-order valence-electron chi connectivity index (χ2n) is 7.00. The summed E-state index contributed by atoms with van der Waals surface area (Å²) in [5.74, 6) is 0. The monoisotopic (exact) mass is 359 g/mol. The van der Waals surface area contributed by atoms with Crippen molar-refractivity contribution in [2.75, 3.05) is 5.32 Å². The minimum absolute atomic E-state index is 1.11. The standard InChI is InChI=1S/C25H17N3/c1-2-8-17(9-3-1)28-23-14-15-26-16-20(23)24-18-10-4-6-12-21(18)27-22-13-7-5-11-19(22)25(24)28/h1-16,27H. The Morgan fingerprint density at radius 3 is 2.18 bits per heavy atom. The Morgan fingerprint density at radius 2 is 1.36 bits per heavy atom. The summed E-state index contributed by atoms with van der Waals surface area (Å²) < 4.78 is 2.36. The van der Waals surface area contributed by atoms with Gasteiger partial charge in [0.1, 0.15) is 0 Å². The number of nitrogens with zero attached hydrogens (tertiary/aromatic N) is 2. The normalized spacial score (nSPS) is 11.9. The van der Waals surface area contributed by atoms with Crippen molar-refractivity contribution >= 4 is 22.3 Å². The van der Waals surface area contributed by atoms with E-state index in [9.17, 15) is 0 Å². The zero-order valence-corrected chi connectivity index (χ0v) is 15.1. The topological polar surface area (TPSA) is 29.9 Å². The van der Waals surface area contributed by atoms with Crippen LogP contribution in [0.2, 0.25) is 0 Å². The van der Waals surface area contributed by atoms with Gasteiger partial charge in [0.15, 0.2) is 0 Å². The molecule has 6 rings (SSSR count). The molecule has 0 spiro atoms. The Kier molecular flexibility index (Phi) is 3.17. The van der Waals surface area contributed by atoms with Gasteiger partial charge >= 0.3 is 0 Å². The van der Waals surface area contributed by atoms with Gasteiger partial charge in [0.05, 0.1) is 11.2 Å². The molecule has 0 bridgehead atoms. The minimum Gasteiger partial charge on any atom is -0.354 e. The van der Waals surface area contributed by atoms with Crippen LogP contribution in [0.4, 0.5) is 11.4 Å². The highest BCUT2D eigenvalue weighted by Gasteiger charge is 2.26. The molecule has 3 heterocycles. The second kappa shape index (κ2) is 5.83. The van der Waals surface area contributed by atoms with E-state index >= 15 is 0 Å². The lowest BCUT2D eigenvalue weighted by Gasteiger charge is -2.14. The van der Waals surface area contributed by atoms with Crippen LogP contribution in [-0.4, -0.2) is 9.55 Å². The number of hydrogen-bond donors (Lipinski definition) is 1. The van der Waals surface area contributed by atoms with Crippen molar-refractivity contribution in [3.63, 3.8) is 0 Å². The van der Waals surface area contributed by atoms with E-state index in [1.165, 1.54) is 22.4 Å². The minimum atomic E-state index is 1.11. The zero-order valence-electron chi connectivity index (χ0n) is 15.1. The first-order valence-electron chi connectivity index (χ1n) is 9.41. The van der Waals surface area contributed by atoms with Gasteiger partial charge in [-0.15, -0.1) is 0 Å². The van der Waals surface area contributed by atoms with Crippen molar-refractivity contribution in [1.29, 1.82) is 0 Å². The van der Waals surface area contributed by atoms with E-state index in [1.54, 1.807) is 0 Å². The zero-order chi connectivity index (χ0) is 18.5. The van der Waals surface area contributed by atoms with Gasteiger partial charge < -0.3 is 9.88 Å². The Morgan fingerprint density at radius 1 is 0.679 bits per heavy atom. The molecule has 0 aliphatic carbocycles. The predicted octanol–water partition coefficient (Wildman–Crippen LogP) is 6.42. The quantitative estimate of drug-likeness (QED) is 0.367. The van der Waals surface area contributed by atoms with Crippen LogP contribution in [-0.2, 0) is 0 Å². The fourth-order valence-electron chi connectivity index (χ4n) is 4.26. The molecule has 0 radical (unpaired) electrons. The van der Waals surface area contributed by atoms with Crippen LogP contribution in [0, 0.1) is 0 Å². The highest BCUT2D eigenvalue weighted by Crippen LogP contribution is 2.49. The molecule has 0 amide bonds. The summed E-state index contributed by atoms with van der Waals surface area (Å²) in [6, 6.07) is 29.7. The van der Waals surface area contributed by atoms with Crippen LogP contribution in [0.1, 0.15) is 0 Å². The molecule has 1 aliphatic heterocycles.